The van der Waals surface area contributed by atoms with Crippen LogP contribution in [0.5, 0.6) is 11.5 Å². The number of hydrogen-bond donors (Lipinski definition) is 1. The van der Waals surface area contributed by atoms with Gasteiger partial charge in [-0.15, -0.1) is 0 Å². The maximum absolute atomic E-state index is 5.33. The minimum Gasteiger partial charge on any atom is -0.493 e. The minimum absolute atomic E-state index is 0.312. The van der Waals surface area contributed by atoms with Crippen molar-refractivity contribution in [2.45, 2.75) is 0 Å². The fourth-order valence-electron chi connectivity index (χ4n) is 1.80. The van der Waals surface area contributed by atoms with Crippen molar-refractivity contribution in [3.05, 3.63) is 24.5 Å². The summed E-state index contributed by atoms with van der Waals surface area (Å²) in [5.41, 5.74) is 0.644. The van der Waals surface area contributed by atoms with Crippen LogP contribution in [0.4, 0.5) is 0 Å². The lowest BCUT2D eigenvalue weighted by molar-refractivity contribution is 0.353. The monoisotopic (exact) mass is 273 g/mol. The molecule has 2 heterocycles. The van der Waals surface area contributed by atoms with Crippen LogP contribution in [0.3, 0.4) is 0 Å². The minimum atomic E-state index is 0.312. The molecule has 0 spiro atoms. The van der Waals surface area contributed by atoms with E-state index in [1.165, 1.54) is 6.33 Å². The van der Waals surface area contributed by atoms with Crippen molar-refractivity contribution < 1.29 is 14.0 Å². The molecule has 8 heteroatoms. The maximum atomic E-state index is 5.33. The van der Waals surface area contributed by atoms with E-state index in [2.05, 4.69) is 25.3 Å². The molecular formula is C12H11N5O3. The summed E-state index contributed by atoms with van der Waals surface area (Å²) in [6, 6.07) is 5.41. The first-order chi connectivity index (χ1) is 9.83. The Bertz CT molecular complexity index is 708. The number of para-hydroxylation sites is 1. The molecule has 0 bridgehead atoms. The van der Waals surface area contributed by atoms with E-state index in [0.717, 1.165) is 0 Å². The van der Waals surface area contributed by atoms with Crippen molar-refractivity contribution in [1.29, 1.82) is 0 Å². The predicted molar refractivity (Wildman–Crippen MR) is 68.2 cm³/mol. The van der Waals surface area contributed by atoms with Crippen molar-refractivity contribution >= 4 is 0 Å². The lowest BCUT2D eigenvalue weighted by Gasteiger charge is -2.09. The van der Waals surface area contributed by atoms with Gasteiger partial charge in [0.2, 0.25) is 5.82 Å². The number of rotatable bonds is 4. The zero-order valence-electron chi connectivity index (χ0n) is 10.8. The largest absolute Gasteiger partial charge is 0.493 e. The van der Waals surface area contributed by atoms with Gasteiger partial charge in [0, 0.05) is 0 Å². The van der Waals surface area contributed by atoms with Crippen LogP contribution in [0.25, 0.3) is 23.1 Å². The number of aromatic nitrogens is 5. The lowest BCUT2D eigenvalue weighted by Crippen LogP contribution is -1.93. The van der Waals surface area contributed by atoms with Crippen LogP contribution in [0.1, 0.15) is 0 Å². The van der Waals surface area contributed by atoms with E-state index < -0.39 is 0 Å². The summed E-state index contributed by atoms with van der Waals surface area (Å²) >= 11 is 0. The van der Waals surface area contributed by atoms with Crippen molar-refractivity contribution in [1.82, 2.24) is 25.3 Å². The van der Waals surface area contributed by atoms with Crippen molar-refractivity contribution in [2.24, 2.45) is 0 Å². The molecule has 0 unspecified atom stereocenters. The summed E-state index contributed by atoms with van der Waals surface area (Å²) in [5, 5.41) is 10.3. The highest BCUT2D eigenvalue weighted by Crippen LogP contribution is 2.37. The highest BCUT2D eigenvalue weighted by atomic mass is 16.5. The molecule has 0 radical (unpaired) electrons. The second-order valence-electron chi connectivity index (χ2n) is 3.80. The average Bonchev–Trinajstić information content (AvgIpc) is 3.16. The topological polar surface area (TPSA) is 99.0 Å². The molecule has 0 aliphatic carbocycles. The van der Waals surface area contributed by atoms with Gasteiger partial charge in [0.05, 0.1) is 19.8 Å². The molecular weight excluding hydrogens is 262 g/mol. The van der Waals surface area contributed by atoms with Crippen molar-refractivity contribution in [3.63, 3.8) is 0 Å². The van der Waals surface area contributed by atoms with Gasteiger partial charge in [0.1, 0.15) is 6.33 Å². The first kappa shape index (κ1) is 12.2. The van der Waals surface area contributed by atoms with E-state index in [4.69, 9.17) is 14.0 Å². The van der Waals surface area contributed by atoms with Crippen LogP contribution >= 0.6 is 0 Å². The van der Waals surface area contributed by atoms with Crippen LogP contribution in [0.2, 0.25) is 0 Å². The highest BCUT2D eigenvalue weighted by molar-refractivity contribution is 5.68. The van der Waals surface area contributed by atoms with Gasteiger partial charge in [-0.05, 0) is 12.1 Å². The van der Waals surface area contributed by atoms with Gasteiger partial charge in [0.25, 0.3) is 5.89 Å². The van der Waals surface area contributed by atoms with Crippen LogP contribution in [-0.4, -0.2) is 39.5 Å². The van der Waals surface area contributed by atoms with Gasteiger partial charge in [-0.1, -0.05) is 11.2 Å². The Hall–Kier alpha value is -2.90. The molecule has 102 valence electrons. The molecule has 20 heavy (non-hydrogen) atoms. The van der Waals surface area contributed by atoms with Crippen LogP contribution in [0, 0.1) is 0 Å². The zero-order valence-corrected chi connectivity index (χ0v) is 10.8. The molecule has 0 amide bonds. The molecule has 0 saturated carbocycles. The summed E-state index contributed by atoms with van der Waals surface area (Å²) < 4.78 is 15.8. The van der Waals surface area contributed by atoms with Gasteiger partial charge in [-0.25, -0.2) is 4.98 Å². The van der Waals surface area contributed by atoms with Gasteiger partial charge in [0.15, 0.2) is 17.3 Å². The zero-order chi connectivity index (χ0) is 13.9. The molecule has 0 fully saturated rings. The predicted octanol–water partition coefficient (Wildman–Crippen LogP) is 1.54. The van der Waals surface area contributed by atoms with Crippen LogP contribution in [-0.2, 0) is 0 Å². The number of hydrogen-bond acceptors (Lipinski definition) is 7. The molecule has 1 N–H and O–H groups in total. The molecule has 8 nitrogen and oxygen atoms in total. The van der Waals surface area contributed by atoms with E-state index in [9.17, 15) is 0 Å². The SMILES string of the molecule is COc1cccc(-c2nc(-c3ncn[nH]3)no2)c1OC. The number of ether oxygens (including phenoxy) is 2. The number of benzene rings is 1. The van der Waals surface area contributed by atoms with Crippen molar-refractivity contribution in [3.8, 4) is 34.6 Å². The molecule has 0 atom stereocenters. The molecule has 3 aromatic rings. The Morgan fingerprint density at radius 3 is 2.80 bits per heavy atom. The van der Waals surface area contributed by atoms with Gasteiger partial charge in [-0.2, -0.15) is 10.1 Å². The third-order valence-corrected chi connectivity index (χ3v) is 2.69. The number of H-pyrrole nitrogens is 1. The summed E-state index contributed by atoms with van der Waals surface area (Å²) in [7, 11) is 3.12. The Kier molecular flexibility index (Phi) is 3.04. The Balaban J connectivity index is 2.06. The first-order valence-corrected chi connectivity index (χ1v) is 5.74. The quantitative estimate of drug-likeness (QED) is 0.769. The van der Waals surface area contributed by atoms with E-state index in [0.29, 0.717) is 34.6 Å². The molecule has 2 aromatic heterocycles. The molecule has 3 rings (SSSR count). The second-order valence-corrected chi connectivity index (χ2v) is 3.80. The summed E-state index contributed by atoms with van der Waals surface area (Å²) in [4.78, 5) is 8.22. The van der Waals surface area contributed by atoms with E-state index in [-0.39, 0.29) is 0 Å². The Morgan fingerprint density at radius 1 is 1.20 bits per heavy atom. The third kappa shape index (κ3) is 1.96. The van der Waals surface area contributed by atoms with Crippen LogP contribution in [0.15, 0.2) is 29.0 Å². The standard InChI is InChI=1S/C12H11N5O3/c1-18-8-5-3-4-7(9(8)19-2)12-15-11(17-20-12)10-13-6-14-16-10/h3-6H,1-2H3,(H,13,14,16). The smallest absolute Gasteiger partial charge is 0.262 e. The van der Waals surface area contributed by atoms with Gasteiger partial charge >= 0.3 is 0 Å². The van der Waals surface area contributed by atoms with Crippen molar-refractivity contribution in [2.75, 3.05) is 14.2 Å². The first-order valence-electron chi connectivity index (χ1n) is 5.74. The fraction of sp³-hybridized carbons (Fsp3) is 0.167. The number of nitrogens with zero attached hydrogens (tertiary/aromatic N) is 4. The fourth-order valence-corrected chi connectivity index (χ4v) is 1.80. The summed E-state index contributed by atoms with van der Waals surface area (Å²) in [6.07, 6.45) is 1.37. The van der Waals surface area contributed by atoms with E-state index >= 15 is 0 Å². The number of methoxy groups -OCH3 is 2. The highest BCUT2D eigenvalue weighted by Gasteiger charge is 2.18. The summed E-state index contributed by atoms with van der Waals surface area (Å²) in [6.45, 7) is 0. The number of nitrogens with one attached hydrogen (secondary N) is 1. The van der Waals surface area contributed by atoms with Gasteiger partial charge < -0.3 is 14.0 Å². The molecule has 0 aliphatic heterocycles. The van der Waals surface area contributed by atoms with Crippen LogP contribution < -0.4 is 9.47 Å². The van der Waals surface area contributed by atoms with E-state index in [1.807, 2.05) is 6.07 Å². The third-order valence-electron chi connectivity index (χ3n) is 2.69. The average molecular weight is 273 g/mol. The number of aromatic amines is 1. The maximum Gasteiger partial charge on any atom is 0.262 e. The normalized spacial score (nSPS) is 10.5. The lowest BCUT2D eigenvalue weighted by atomic mass is 10.2. The molecule has 0 saturated heterocycles. The van der Waals surface area contributed by atoms with Gasteiger partial charge in [-0.3, -0.25) is 5.10 Å². The Morgan fingerprint density at radius 2 is 2.10 bits per heavy atom. The van der Waals surface area contributed by atoms with E-state index in [1.54, 1.807) is 26.4 Å². The molecule has 0 aliphatic rings. The summed E-state index contributed by atoms with van der Waals surface area (Å²) in [5.74, 6) is 2.18. The second kappa shape index (κ2) is 5.00. The molecule has 1 aromatic carbocycles. The Labute approximate surface area is 113 Å².